The maximum Gasteiger partial charge on any atom is 0.243 e. The molecule has 0 saturated carbocycles. The molecule has 7 nitrogen and oxygen atoms in total. The normalized spacial score (nSPS) is 18.0. The van der Waals surface area contributed by atoms with Crippen LogP contribution in [0.1, 0.15) is 34.1 Å². The van der Waals surface area contributed by atoms with Crippen molar-refractivity contribution in [2.45, 2.75) is 46.2 Å². The minimum absolute atomic E-state index is 0. The van der Waals surface area contributed by atoms with E-state index in [4.69, 9.17) is 4.74 Å². The average molecular weight is 483 g/mol. The number of guanidine groups is 1. The predicted octanol–water partition coefficient (Wildman–Crippen LogP) is 1.38. The maximum atomic E-state index is 11.8. The Morgan fingerprint density at radius 3 is 2.35 bits per heavy atom. The molecule has 1 fully saturated rings. The van der Waals surface area contributed by atoms with Crippen molar-refractivity contribution in [2.24, 2.45) is 10.9 Å². The quantitative estimate of drug-likeness (QED) is 0.310. The van der Waals surface area contributed by atoms with E-state index >= 15 is 0 Å². The van der Waals surface area contributed by atoms with Crippen LogP contribution in [-0.4, -0.2) is 87.2 Å². The van der Waals surface area contributed by atoms with Gasteiger partial charge in [0.25, 0.3) is 0 Å². The van der Waals surface area contributed by atoms with Gasteiger partial charge in [0.15, 0.2) is 5.96 Å². The van der Waals surface area contributed by atoms with E-state index in [1.807, 2.05) is 0 Å². The van der Waals surface area contributed by atoms with Gasteiger partial charge in [-0.05, 0) is 19.3 Å². The first kappa shape index (κ1) is 25.4. The third-order valence-corrected chi connectivity index (χ3v) is 4.63. The van der Waals surface area contributed by atoms with Gasteiger partial charge in [0, 0.05) is 45.8 Å². The van der Waals surface area contributed by atoms with Crippen LogP contribution in [0.15, 0.2) is 4.99 Å². The number of aliphatic imine (C=N–C) groups is 1. The Hall–Kier alpha value is -0.610. The van der Waals surface area contributed by atoms with E-state index in [0.29, 0.717) is 24.0 Å². The fourth-order valence-electron chi connectivity index (χ4n) is 2.67. The summed E-state index contributed by atoms with van der Waals surface area (Å²) in [4.78, 5) is 20.4. The van der Waals surface area contributed by atoms with E-state index in [9.17, 15) is 4.79 Å². The molecule has 0 aliphatic carbocycles. The van der Waals surface area contributed by atoms with Gasteiger partial charge in [0.1, 0.15) is 6.54 Å². The smallest absolute Gasteiger partial charge is 0.243 e. The lowest BCUT2D eigenvalue weighted by atomic mass is 10.0. The van der Waals surface area contributed by atoms with Crippen molar-refractivity contribution in [1.29, 1.82) is 0 Å². The summed E-state index contributed by atoms with van der Waals surface area (Å²) in [6, 6.07) is 0.721. The number of likely N-dealkylation sites (N-methyl/N-ethyl adjacent to an activating group) is 1. The number of nitrogens with zero attached hydrogens (tertiary/aromatic N) is 3. The number of carbonyl (C=O) groups excluding carboxylic acids is 1. The van der Waals surface area contributed by atoms with E-state index in [2.05, 4.69) is 48.2 Å². The zero-order valence-electron chi connectivity index (χ0n) is 17.2. The maximum absolute atomic E-state index is 11.8. The van der Waals surface area contributed by atoms with E-state index < -0.39 is 0 Å². The second-order valence-electron chi connectivity index (χ2n) is 7.25. The van der Waals surface area contributed by atoms with Crippen molar-refractivity contribution in [1.82, 2.24) is 20.4 Å². The molecule has 1 aliphatic heterocycles. The lowest BCUT2D eigenvalue weighted by Crippen LogP contribution is -2.53. The second kappa shape index (κ2) is 13.5. The molecule has 0 aromatic carbocycles. The molecule has 0 aromatic heterocycles. The molecular weight excluding hydrogens is 445 g/mol. The molecule has 154 valence electrons. The third kappa shape index (κ3) is 9.36. The summed E-state index contributed by atoms with van der Waals surface area (Å²) in [5, 5.41) is 6.83. The second-order valence-corrected chi connectivity index (χ2v) is 7.25. The SMILES string of the molecule is CCC(C)NC(=NCC(=O)N(C)C)NCC(C(C)C)N1CCOCC1.I. The van der Waals surface area contributed by atoms with Gasteiger partial charge in [-0.25, -0.2) is 4.99 Å². The van der Waals surface area contributed by atoms with Crippen molar-refractivity contribution in [3.63, 3.8) is 0 Å². The van der Waals surface area contributed by atoms with Gasteiger partial charge in [0.2, 0.25) is 5.91 Å². The fraction of sp³-hybridized carbons (Fsp3) is 0.889. The average Bonchev–Trinajstić information content (AvgIpc) is 2.59. The van der Waals surface area contributed by atoms with Gasteiger partial charge in [-0.1, -0.05) is 20.8 Å². The van der Waals surface area contributed by atoms with Gasteiger partial charge in [-0.2, -0.15) is 0 Å². The van der Waals surface area contributed by atoms with Crippen molar-refractivity contribution >= 4 is 35.8 Å². The zero-order chi connectivity index (χ0) is 18.8. The molecule has 1 amide bonds. The molecule has 1 saturated heterocycles. The van der Waals surface area contributed by atoms with Crippen molar-refractivity contribution in [2.75, 3.05) is 53.5 Å². The number of hydrogen-bond donors (Lipinski definition) is 2. The summed E-state index contributed by atoms with van der Waals surface area (Å²) in [7, 11) is 3.50. The highest BCUT2D eigenvalue weighted by molar-refractivity contribution is 14.0. The Bertz CT molecular complexity index is 426. The molecule has 0 bridgehead atoms. The van der Waals surface area contributed by atoms with Crippen LogP contribution in [0.4, 0.5) is 0 Å². The summed E-state index contributed by atoms with van der Waals surface area (Å²) in [6.07, 6.45) is 0.999. The topological polar surface area (TPSA) is 69.2 Å². The third-order valence-electron chi connectivity index (χ3n) is 4.63. The zero-order valence-corrected chi connectivity index (χ0v) is 19.6. The summed E-state index contributed by atoms with van der Waals surface area (Å²) < 4.78 is 5.47. The molecule has 8 heteroatoms. The summed E-state index contributed by atoms with van der Waals surface area (Å²) in [5.41, 5.74) is 0. The molecule has 2 atom stereocenters. The van der Waals surface area contributed by atoms with Crippen LogP contribution < -0.4 is 10.6 Å². The van der Waals surface area contributed by atoms with E-state index in [1.54, 1.807) is 19.0 Å². The first-order valence-corrected chi connectivity index (χ1v) is 9.41. The number of morpholine rings is 1. The Balaban J connectivity index is 0.00000625. The molecule has 2 unspecified atom stereocenters. The molecule has 2 N–H and O–H groups in total. The highest BCUT2D eigenvalue weighted by Gasteiger charge is 2.24. The Morgan fingerprint density at radius 2 is 1.85 bits per heavy atom. The van der Waals surface area contributed by atoms with Crippen LogP contribution in [-0.2, 0) is 9.53 Å². The van der Waals surface area contributed by atoms with Crippen LogP contribution in [0.5, 0.6) is 0 Å². The number of rotatable bonds is 8. The lowest BCUT2D eigenvalue weighted by Gasteiger charge is -2.37. The van der Waals surface area contributed by atoms with Gasteiger partial charge in [0.05, 0.1) is 13.2 Å². The number of ether oxygens (including phenoxy) is 1. The molecule has 1 aliphatic rings. The molecular formula is C18H38IN5O2. The van der Waals surface area contributed by atoms with Crippen LogP contribution in [0.3, 0.4) is 0 Å². The van der Waals surface area contributed by atoms with Gasteiger partial charge >= 0.3 is 0 Å². The molecule has 26 heavy (non-hydrogen) atoms. The van der Waals surface area contributed by atoms with E-state index in [0.717, 1.165) is 39.3 Å². The molecule has 1 rings (SSSR count). The number of carbonyl (C=O) groups is 1. The highest BCUT2D eigenvalue weighted by Crippen LogP contribution is 2.12. The van der Waals surface area contributed by atoms with E-state index in [-0.39, 0.29) is 36.4 Å². The standard InChI is InChI=1S/C18H37N5O2.HI/c1-7-15(4)21-18(20-13-17(24)22(5)6)19-12-16(14(2)3)23-8-10-25-11-9-23;/h14-16H,7-13H2,1-6H3,(H2,19,20,21);1H. The summed E-state index contributed by atoms with van der Waals surface area (Å²) in [6.45, 7) is 13.2. The monoisotopic (exact) mass is 483 g/mol. The first-order chi connectivity index (χ1) is 11.8. The number of amides is 1. The van der Waals surface area contributed by atoms with Gasteiger partial charge in [-0.15, -0.1) is 24.0 Å². The minimum atomic E-state index is -0.00107. The number of halogens is 1. The van der Waals surface area contributed by atoms with Crippen LogP contribution in [0.2, 0.25) is 0 Å². The first-order valence-electron chi connectivity index (χ1n) is 9.41. The largest absolute Gasteiger partial charge is 0.379 e. The van der Waals surface area contributed by atoms with Crippen LogP contribution >= 0.6 is 24.0 Å². The van der Waals surface area contributed by atoms with Gasteiger partial charge in [-0.3, -0.25) is 9.69 Å². The van der Waals surface area contributed by atoms with Crippen molar-refractivity contribution < 1.29 is 9.53 Å². The van der Waals surface area contributed by atoms with Crippen LogP contribution in [0, 0.1) is 5.92 Å². The summed E-state index contributed by atoms with van der Waals surface area (Å²) in [5.74, 6) is 1.24. The Kier molecular flexibility index (Phi) is 13.2. The van der Waals surface area contributed by atoms with Crippen molar-refractivity contribution in [3.8, 4) is 0 Å². The van der Waals surface area contributed by atoms with E-state index in [1.165, 1.54) is 0 Å². The number of hydrogen-bond acceptors (Lipinski definition) is 4. The van der Waals surface area contributed by atoms with Crippen molar-refractivity contribution in [3.05, 3.63) is 0 Å². The van der Waals surface area contributed by atoms with Gasteiger partial charge < -0.3 is 20.3 Å². The molecule has 0 radical (unpaired) electrons. The van der Waals surface area contributed by atoms with Crippen LogP contribution in [0.25, 0.3) is 0 Å². The fourth-order valence-corrected chi connectivity index (χ4v) is 2.67. The number of nitrogens with one attached hydrogen (secondary N) is 2. The Labute approximate surface area is 176 Å². The minimum Gasteiger partial charge on any atom is -0.379 e. The molecule has 0 spiro atoms. The molecule has 0 aromatic rings. The highest BCUT2D eigenvalue weighted by atomic mass is 127. The predicted molar refractivity (Wildman–Crippen MR) is 118 cm³/mol. The molecule has 1 heterocycles. The lowest BCUT2D eigenvalue weighted by molar-refractivity contribution is -0.127. The Morgan fingerprint density at radius 1 is 1.23 bits per heavy atom. The summed E-state index contributed by atoms with van der Waals surface area (Å²) >= 11 is 0.